The fraction of sp³-hybridized carbons (Fsp3) is 0.588. The van der Waals surface area contributed by atoms with Crippen molar-refractivity contribution in [3.63, 3.8) is 0 Å². The quantitative estimate of drug-likeness (QED) is 0.868. The van der Waals surface area contributed by atoms with Crippen LogP contribution in [0.1, 0.15) is 46.1 Å². The molecule has 130 valence electrons. The predicted molar refractivity (Wildman–Crippen MR) is 89.9 cm³/mol. The molecule has 1 atom stereocenters. The van der Waals surface area contributed by atoms with Crippen molar-refractivity contribution in [2.45, 2.75) is 51.7 Å². The molecule has 0 aliphatic carbocycles. The molecule has 3 heterocycles. The number of imidazole rings is 1. The van der Waals surface area contributed by atoms with E-state index in [1.165, 1.54) is 6.07 Å². The number of carbonyl (C=O) groups excluding carboxylic acids is 1. The number of nitrogens with zero attached hydrogens (tertiary/aromatic N) is 4. The third kappa shape index (κ3) is 3.60. The molecule has 1 saturated heterocycles. The zero-order valence-electron chi connectivity index (χ0n) is 14.4. The lowest BCUT2D eigenvalue weighted by atomic mass is 10.1. The van der Waals surface area contributed by atoms with Crippen molar-refractivity contribution in [2.24, 2.45) is 0 Å². The standard InChI is InChI=1S/C17H24N4O3/c1-17(2,3)24-16(23)20-9-4-5-12(8-10-20)21-11-18-13-6-7-14(22)19-15(13)21/h6-7,11-12H,4-5,8-10H2,1-3H3,(H,19,22). The molecule has 7 heteroatoms. The molecule has 1 aliphatic heterocycles. The first-order valence-electron chi connectivity index (χ1n) is 8.34. The Morgan fingerprint density at radius 1 is 1.29 bits per heavy atom. The number of pyridine rings is 1. The number of ether oxygens (including phenoxy) is 1. The summed E-state index contributed by atoms with van der Waals surface area (Å²) in [4.78, 5) is 22.6. The summed E-state index contributed by atoms with van der Waals surface area (Å²) in [5.74, 6) is -0.00625. The van der Waals surface area contributed by atoms with Crippen LogP contribution in [0.2, 0.25) is 0 Å². The lowest BCUT2D eigenvalue weighted by molar-refractivity contribution is 0.0255. The van der Waals surface area contributed by atoms with Crippen molar-refractivity contribution < 1.29 is 14.6 Å². The van der Waals surface area contributed by atoms with E-state index in [-0.39, 0.29) is 18.0 Å². The highest BCUT2D eigenvalue weighted by atomic mass is 16.6. The van der Waals surface area contributed by atoms with E-state index in [0.717, 1.165) is 24.8 Å². The van der Waals surface area contributed by atoms with Crippen LogP contribution in [0.4, 0.5) is 4.79 Å². The Morgan fingerprint density at radius 2 is 2.08 bits per heavy atom. The number of aromatic nitrogens is 3. The topological polar surface area (TPSA) is 80.5 Å². The van der Waals surface area contributed by atoms with Gasteiger partial charge in [-0.25, -0.2) is 9.78 Å². The molecule has 0 bridgehead atoms. The average molecular weight is 332 g/mol. The van der Waals surface area contributed by atoms with Gasteiger partial charge in [-0.15, -0.1) is 0 Å². The molecule has 1 aliphatic rings. The number of aromatic hydroxyl groups is 1. The second-order valence-corrected chi connectivity index (χ2v) is 7.22. The third-order valence-electron chi connectivity index (χ3n) is 4.15. The van der Waals surface area contributed by atoms with E-state index < -0.39 is 5.60 Å². The molecule has 0 spiro atoms. The van der Waals surface area contributed by atoms with E-state index in [4.69, 9.17) is 4.74 Å². The number of likely N-dealkylation sites (tertiary alicyclic amines) is 1. The van der Waals surface area contributed by atoms with Crippen molar-refractivity contribution in [3.05, 3.63) is 18.5 Å². The molecular formula is C17H24N4O3. The smallest absolute Gasteiger partial charge is 0.410 e. The summed E-state index contributed by atoms with van der Waals surface area (Å²) in [6, 6.07) is 3.51. The van der Waals surface area contributed by atoms with Crippen molar-refractivity contribution in [1.29, 1.82) is 0 Å². The second-order valence-electron chi connectivity index (χ2n) is 7.22. The molecule has 3 rings (SSSR count). The summed E-state index contributed by atoms with van der Waals surface area (Å²) in [5.41, 5.74) is 0.969. The van der Waals surface area contributed by atoms with E-state index in [0.29, 0.717) is 18.7 Å². The van der Waals surface area contributed by atoms with E-state index in [1.807, 2.05) is 25.3 Å². The molecule has 1 amide bonds. The van der Waals surface area contributed by atoms with Crippen molar-refractivity contribution in [3.8, 4) is 5.88 Å². The van der Waals surface area contributed by atoms with Crippen LogP contribution in [0.3, 0.4) is 0 Å². The monoisotopic (exact) mass is 332 g/mol. The van der Waals surface area contributed by atoms with Gasteiger partial charge >= 0.3 is 6.09 Å². The summed E-state index contributed by atoms with van der Waals surface area (Å²) < 4.78 is 7.47. The van der Waals surface area contributed by atoms with E-state index in [1.54, 1.807) is 17.3 Å². The highest BCUT2D eigenvalue weighted by molar-refractivity contribution is 5.71. The Balaban J connectivity index is 1.73. The Kier molecular flexibility index (Phi) is 4.34. The first-order valence-corrected chi connectivity index (χ1v) is 8.34. The Morgan fingerprint density at radius 3 is 2.83 bits per heavy atom. The number of carbonyl (C=O) groups is 1. The lowest BCUT2D eigenvalue weighted by Crippen LogP contribution is -2.37. The Bertz CT molecular complexity index is 735. The number of fused-ring (bicyclic) bond motifs is 1. The summed E-state index contributed by atoms with van der Waals surface area (Å²) in [6.07, 6.45) is 4.15. The molecule has 1 unspecified atom stereocenters. The molecular weight excluding hydrogens is 308 g/mol. The van der Waals surface area contributed by atoms with Gasteiger partial charge in [0.15, 0.2) is 5.65 Å². The van der Waals surface area contributed by atoms with Gasteiger partial charge in [-0.3, -0.25) is 0 Å². The van der Waals surface area contributed by atoms with Crippen molar-refractivity contribution >= 4 is 17.3 Å². The van der Waals surface area contributed by atoms with E-state index in [2.05, 4.69) is 9.97 Å². The second kappa shape index (κ2) is 6.30. The average Bonchev–Trinajstić information content (AvgIpc) is 2.74. The SMILES string of the molecule is CC(C)(C)OC(=O)N1CCCC(n2cnc3ccc(O)nc32)CC1. The number of hydrogen-bond acceptors (Lipinski definition) is 5. The summed E-state index contributed by atoms with van der Waals surface area (Å²) in [5, 5.41) is 9.63. The molecule has 7 nitrogen and oxygen atoms in total. The molecule has 1 fully saturated rings. The van der Waals surface area contributed by atoms with Gasteiger partial charge in [0.2, 0.25) is 5.88 Å². The molecule has 24 heavy (non-hydrogen) atoms. The van der Waals surface area contributed by atoms with Gasteiger partial charge in [0.05, 0.1) is 6.33 Å². The largest absolute Gasteiger partial charge is 0.493 e. The Hall–Kier alpha value is -2.31. The molecule has 2 aromatic heterocycles. The molecule has 2 aromatic rings. The maximum absolute atomic E-state index is 12.3. The van der Waals surface area contributed by atoms with Crippen LogP contribution < -0.4 is 0 Å². The first-order chi connectivity index (χ1) is 11.3. The predicted octanol–water partition coefficient (Wildman–Crippen LogP) is 3.10. The number of hydrogen-bond donors (Lipinski definition) is 1. The zero-order chi connectivity index (χ0) is 17.3. The molecule has 1 N–H and O–H groups in total. The van der Waals surface area contributed by atoms with Crippen LogP contribution in [0.5, 0.6) is 5.88 Å². The minimum atomic E-state index is -0.481. The lowest BCUT2D eigenvalue weighted by Gasteiger charge is -2.26. The van der Waals surface area contributed by atoms with Crippen molar-refractivity contribution in [2.75, 3.05) is 13.1 Å². The van der Waals surface area contributed by atoms with E-state index in [9.17, 15) is 9.90 Å². The minimum absolute atomic E-state index is 0.00625. The minimum Gasteiger partial charge on any atom is -0.493 e. The summed E-state index contributed by atoms with van der Waals surface area (Å²) in [6.45, 7) is 6.96. The van der Waals surface area contributed by atoms with Gasteiger partial charge in [0, 0.05) is 25.2 Å². The third-order valence-corrected chi connectivity index (χ3v) is 4.15. The summed E-state index contributed by atoms with van der Waals surface area (Å²) >= 11 is 0. The van der Waals surface area contributed by atoms with Crippen LogP contribution >= 0.6 is 0 Å². The fourth-order valence-electron chi connectivity index (χ4n) is 3.03. The van der Waals surface area contributed by atoms with Gasteiger partial charge < -0.3 is 19.3 Å². The van der Waals surface area contributed by atoms with Gasteiger partial charge in [-0.2, -0.15) is 4.98 Å². The van der Waals surface area contributed by atoms with Crippen LogP contribution in [-0.2, 0) is 4.74 Å². The highest BCUT2D eigenvalue weighted by Gasteiger charge is 2.26. The van der Waals surface area contributed by atoms with E-state index >= 15 is 0 Å². The molecule has 0 aromatic carbocycles. The number of rotatable bonds is 1. The van der Waals surface area contributed by atoms with Gasteiger partial charge in [-0.05, 0) is 46.1 Å². The Labute approximate surface area is 141 Å². The normalized spacial score (nSPS) is 19.3. The van der Waals surface area contributed by atoms with Crippen LogP contribution in [-0.4, -0.2) is 49.3 Å². The number of amides is 1. The molecule has 0 saturated carbocycles. The van der Waals surface area contributed by atoms with Crippen LogP contribution in [0.25, 0.3) is 11.2 Å². The van der Waals surface area contributed by atoms with Crippen LogP contribution in [0.15, 0.2) is 18.5 Å². The highest BCUT2D eigenvalue weighted by Crippen LogP contribution is 2.27. The fourth-order valence-corrected chi connectivity index (χ4v) is 3.03. The van der Waals surface area contributed by atoms with Gasteiger partial charge in [0.1, 0.15) is 11.1 Å². The first kappa shape index (κ1) is 16.5. The van der Waals surface area contributed by atoms with Gasteiger partial charge in [0.25, 0.3) is 0 Å². The van der Waals surface area contributed by atoms with Crippen LogP contribution in [0, 0.1) is 0 Å². The summed E-state index contributed by atoms with van der Waals surface area (Å²) in [7, 11) is 0. The van der Waals surface area contributed by atoms with Gasteiger partial charge in [-0.1, -0.05) is 0 Å². The van der Waals surface area contributed by atoms with Crippen molar-refractivity contribution in [1.82, 2.24) is 19.4 Å². The maximum Gasteiger partial charge on any atom is 0.410 e. The molecule has 0 radical (unpaired) electrons. The zero-order valence-corrected chi connectivity index (χ0v) is 14.4. The maximum atomic E-state index is 12.3.